The van der Waals surface area contributed by atoms with Gasteiger partial charge in [-0.25, -0.2) is 4.68 Å². The molecule has 1 aliphatic rings. The van der Waals surface area contributed by atoms with Crippen LogP contribution < -0.4 is 10.1 Å². The first-order valence-corrected chi connectivity index (χ1v) is 10.7. The van der Waals surface area contributed by atoms with Crippen LogP contribution in [-0.4, -0.2) is 58.6 Å². The molecule has 0 saturated carbocycles. The lowest BCUT2D eigenvalue weighted by Gasteiger charge is -2.31. The van der Waals surface area contributed by atoms with E-state index in [1.807, 2.05) is 57.0 Å². The highest BCUT2D eigenvalue weighted by Crippen LogP contribution is 2.23. The third-order valence-electron chi connectivity index (χ3n) is 5.46. The second kappa shape index (κ2) is 11.3. The maximum absolute atomic E-state index is 13.1. The zero-order valence-corrected chi connectivity index (χ0v) is 19.2. The highest BCUT2D eigenvalue weighted by Gasteiger charge is 2.28. The van der Waals surface area contributed by atoms with Gasteiger partial charge >= 0.3 is 0 Å². The average molecular weight is 436 g/mol. The Bertz CT molecular complexity index is 798. The Morgan fingerprint density at radius 2 is 1.90 bits per heavy atom. The third-order valence-corrected chi connectivity index (χ3v) is 5.46. The highest BCUT2D eigenvalue weighted by molar-refractivity contribution is 5.93. The van der Waals surface area contributed by atoms with E-state index in [1.54, 1.807) is 4.68 Å². The van der Waals surface area contributed by atoms with Gasteiger partial charge in [-0.15, -0.1) is 17.5 Å². The van der Waals surface area contributed by atoms with Crippen molar-refractivity contribution in [3.8, 4) is 11.4 Å². The summed E-state index contributed by atoms with van der Waals surface area (Å²) in [4.78, 5) is 15.0. The molecule has 1 saturated heterocycles. The Kier molecular flexibility index (Phi) is 9.11. The Morgan fingerprint density at radius 1 is 1.23 bits per heavy atom. The zero-order valence-electron chi connectivity index (χ0n) is 18.4. The maximum atomic E-state index is 13.1. The molecule has 2 aromatic rings. The average Bonchev–Trinajstić information content (AvgIpc) is 3.16. The van der Waals surface area contributed by atoms with Crippen molar-refractivity contribution in [3.05, 3.63) is 35.7 Å². The molecule has 0 atom stereocenters. The van der Waals surface area contributed by atoms with Gasteiger partial charge in [-0.1, -0.05) is 12.1 Å². The summed E-state index contributed by atoms with van der Waals surface area (Å²) in [5, 5.41) is 11.8. The van der Waals surface area contributed by atoms with Gasteiger partial charge in [-0.05, 0) is 83.3 Å². The van der Waals surface area contributed by atoms with E-state index < -0.39 is 0 Å². The Balaban J connectivity index is 0.00000320. The lowest BCUT2D eigenvalue weighted by molar-refractivity contribution is 0.0680. The number of benzene rings is 1. The number of rotatable bonds is 8. The SMILES string of the molecule is CCc1c(C(=O)N2CCC(CCNC)CC2)nnn1-c1ccc(OC(C)C)cc1.Cl. The molecule has 3 rings (SSSR count). The smallest absolute Gasteiger partial charge is 0.276 e. The number of amides is 1. The summed E-state index contributed by atoms with van der Waals surface area (Å²) < 4.78 is 7.48. The first kappa shape index (κ1) is 24.2. The van der Waals surface area contributed by atoms with E-state index in [4.69, 9.17) is 4.74 Å². The number of aromatic nitrogens is 3. The van der Waals surface area contributed by atoms with Crippen LogP contribution >= 0.6 is 12.4 Å². The number of hydrogen-bond acceptors (Lipinski definition) is 5. The normalized spacial score (nSPS) is 14.6. The third kappa shape index (κ3) is 5.73. The largest absolute Gasteiger partial charge is 0.491 e. The van der Waals surface area contributed by atoms with E-state index in [1.165, 1.54) is 6.42 Å². The molecule has 1 amide bonds. The van der Waals surface area contributed by atoms with Gasteiger partial charge < -0.3 is 15.0 Å². The quantitative estimate of drug-likeness (QED) is 0.687. The molecule has 1 aliphatic heterocycles. The number of nitrogens with zero attached hydrogens (tertiary/aromatic N) is 4. The number of carbonyl (C=O) groups excluding carboxylic acids is 1. The Labute approximate surface area is 185 Å². The fraction of sp³-hybridized carbons (Fsp3) is 0.591. The van der Waals surface area contributed by atoms with Crippen LogP contribution in [-0.2, 0) is 6.42 Å². The predicted molar refractivity (Wildman–Crippen MR) is 121 cm³/mol. The number of piperidine rings is 1. The minimum Gasteiger partial charge on any atom is -0.491 e. The monoisotopic (exact) mass is 435 g/mol. The van der Waals surface area contributed by atoms with Crippen molar-refractivity contribution in [2.24, 2.45) is 5.92 Å². The summed E-state index contributed by atoms with van der Waals surface area (Å²) in [7, 11) is 1.99. The van der Waals surface area contributed by atoms with Crippen molar-refractivity contribution in [3.63, 3.8) is 0 Å². The van der Waals surface area contributed by atoms with Crippen molar-refractivity contribution in [2.75, 3.05) is 26.7 Å². The van der Waals surface area contributed by atoms with E-state index in [2.05, 4.69) is 15.6 Å². The van der Waals surface area contributed by atoms with E-state index >= 15 is 0 Å². The van der Waals surface area contributed by atoms with Gasteiger partial charge in [0.1, 0.15) is 5.75 Å². The number of carbonyl (C=O) groups is 1. The Hall–Kier alpha value is -2.12. The van der Waals surface area contributed by atoms with E-state index in [0.29, 0.717) is 18.0 Å². The zero-order chi connectivity index (χ0) is 20.8. The van der Waals surface area contributed by atoms with Crippen LogP contribution in [0.4, 0.5) is 0 Å². The number of ether oxygens (including phenoxy) is 1. The number of hydrogen-bond donors (Lipinski definition) is 1. The van der Waals surface area contributed by atoms with Crippen LogP contribution in [0.1, 0.15) is 56.2 Å². The summed E-state index contributed by atoms with van der Waals surface area (Å²) in [5.74, 6) is 1.51. The second-order valence-corrected chi connectivity index (χ2v) is 7.94. The van der Waals surface area contributed by atoms with Crippen molar-refractivity contribution in [1.82, 2.24) is 25.2 Å². The molecule has 1 aromatic heterocycles. The van der Waals surface area contributed by atoms with Gasteiger partial charge in [0.25, 0.3) is 5.91 Å². The Morgan fingerprint density at radius 3 is 2.47 bits per heavy atom. The number of halogens is 1. The van der Waals surface area contributed by atoms with Crippen LogP contribution in [0.25, 0.3) is 5.69 Å². The van der Waals surface area contributed by atoms with Gasteiger partial charge in [-0.2, -0.15) is 0 Å². The summed E-state index contributed by atoms with van der Waals surface area (Å²) in [5.41, 5.74) is 2.21. The molecule has 0 radical (unpaired) electrons. The molecule has 0 spiro atoms. The van der Waals surface area contributed by atoms with E-state index in [0.717, 1.165) is 49.6 Å². The van der Waals surface area contributed by atoms with Crippen molar-refractivity contribution in [1.29, 1.82) is 0 Å². The van der Waals surface area contributed by atoms with Gasteiger partial charge in [0.05, 0.1) is 17.5 Å². The second-order valence-electron chi connectivity index (χ2n) is 7.94. The molecule has 7 nitrogen and oxygen atoms in total. The molecular weight excluding hydrogens is 402 g/mol. The van der Waals surface area contributed by atoms with Gasteiger partial charge in [-0.3, -0.25) is 4.79 Å². The maximum Gasteiger partial charge on any atom is 0.276 e. The molecule has 0 bridgehead atoms. The molecule has 1 aromatic carbocycles. The van der Waals surface area contributed by atoms with Gasteiger partial charge in [0, 0.05) is 13.1 Å². The first-order chi connectivity index (χ1) is 14.0. The van der Waals surface area contributed by atoms with E-state index in [9.17, 15) is 4.79 Å². The van der Waals surface area contributed by atoms with Crippen LogP contribution in [0.5, 0.6) is 5.75 Å². The summed E-state index contributed by atoms with van der Waals surface area (Å²) >= 11 is 0. The standard InChI is InChI=1S/C22H33N5O2.ClH/c1-5-20-21(22(28)26-14-11-17(12-15-26)10-13-23-4)24-25-27(20)18-6-8-19(9-7-18)29-16(2)3;/h6-9,16-17,23H,5,10-15H2,1-4H3;1H. The number of likely N-dealkylation sites (tertiary alicyclic amines) is 1. The molecule has 166 valence electrons. The van der Waals surface area contributed by atoms with Crippen LogP contribution in [0.3, 0.4) is 0 Å². The van der Waals surface area contributed by atoms with Crippen molar-refractivity contribution in [2.45, 2.75) is 52.6 Å². The molecule has 0 aliphatic carbocycles. The fourth-order valence-electron chi connectivity index (χ4n) is 3.85. The molecule has 1 fully saturated rings. The van der Waals surface area contributed by atoms with Crippen LogP contribution in [0.2, 0.25) is 0 Å². The molecule has 30 heavy (non-hydrogen) atoms. The summed E-state index contributed by atoms with van der Waals surface area (Å²) in [6.07, 6.45) is 4.10. The lowest BCUT2D eigenvalue weighted by Crippen LogP contribution is -2.39. The topological polar surface area (TPSA) is 72.3 Å². The van der Waals surface area contributed by atoms with Gasteiger partial charge in [0.2, 0.25) is 0 Å². The summed E-state index contributed by atoms with van der Waals surface area (Å²) in [6, 6.07) is 7.75. The molecule has 8 heteroatoms. The highest BCUT2D eigenvalue weighted by atomic mass is 35.5. The minimum absolute atomic E-state index is 0. The molecular formula is C22H34ClN5O2. The van der Waals surface area contributed by atoms with Crippen LogP contribution in [0.15, 0.2) is 24.3 Å². The first-order valence-electron chi connectivity index (χ1n) is 10.7. The minimum atomic E-state index is -0.0000669. The lowest BCUT2D eigenvalue weighted by atomic mass is 9.93. The summed E-state index contributed by atoms with van der Waals surface area (Å²) in [6.45, 7) is 8.67. The van der Waals surface area contributed by atoms with Crippen molar-refractivity contribution >= 4 is 18.3 Å². The van der Waals surface area contributed by atoms with E-state index in [-0.39, 0.29) is 24.4 Å². The van der Waals surface area contributed by atoms with Gasteiger partial charge in [0.15, 0.2) is 5.69 Å². The fourth-order valence-corrected chi connectivity index (χ4v) is 3.85. The van der Waals surface area contributed by atoms with Crippen LogP contribution in [0, 0.1) is 5.92 Å². The molecule has 1 N–H and O–H groups in total. The predicted octanol–water partition coefficient (Wildman–Crippen LogP) is 3.50. The van der Waals surface area contributed by atoms with Crippen molar-refractivity contribution < 1.29 is 9.53 Å². The molecule has 0 unspecified atom stereocenters. The number of nitrogens with one attached hydrogen (secondary N) is 1. The molecule has 2 heterocycles.